The highest BCUT2D eigenvalue weighted by molar-refractivity contribution is 8.04. The molecule has 6 heteroatoms. The first-order chi connectivity index (χ1) is 5.63. The van der Waals surface area contributed by atoms with Crippen LogP contribution in [-0.4, -0.2) is 33.0 Å². The third-order valence-electron chi connectivity index (χ3n) is 1.68. The van der Waals surface area contributed by atoms with Gasteiger partial charge in [0.05, 0.1) is 0 Å². The van der Waals surface area contributed by atoms with Crippen LogP contribution in [0.2, 0.25) is 0 Å². The molecular weight excluding hydrogens is 182 g/mol. The number of thioether (sulfide) groups is 1. The number of aliphatic carboxylic acids is 1. The standard InChI is InChI=1S/C6H3NO4S/c8-3-4(9)7-2(6(10)11)1-12-5(3)7/h1,5H,(H,10,11)/t5-/m1/s1. The van der Waals surface area contributed by atoms with Crippen molar-refractivity contribution in [3.63, 3.8) is 0 Å². The van der Waals surface area contributed by atoms with E-state index < -0.39 is 23.0 Å². The summed E-state index contributed by atoms with van der Waals surface area (Å²) in [5.41, 5.74) is -0.102. The molecule has 0 bridgehead atoms. The molecule has 2 rings (SSSR count). The SMILES string of the molecule is O=C(O)C1=CS[C@@H]2C(=O)C(=O)N12. The van der Waals surface area contributed by atoms with E-state index in [9.17, 15) is 14.4 Å². The van der Waals surface area contributed by atoms with Crippen molar-refractivity contribution in [2.24, 2.45) is 0 Å². The Labute approximate surface area is 71.0 Å². The topological polar surface area (TPSA) is 74.7 Å². The summed E-state index contributed by atoms with van der Waals surface area (Å²) in [7, 11) is 0. The number of carboxylic acids is 1. The number of Topliss-reactive ketones (excluding diaryl/α,β-unsaturated/α-hetero) is 1. The summed E-state index contributed by atoms with van der Waals surface area (Å²) in [6.45, 7) is 0. The predicted molar refractivity (Wildman–Crippen MR) is 39.0 cm³/mol. The minimum Gasteiger partial charge on any atom is -0.477 e. The molecular formula is C6H3NO4S. The van der Waals surface area contributed by atoms with Crippen molar-refractivity contribution >= 4 is 29.4 Å². The van der Waals surface area contributed by atoms with Crippen molar-refractivity contribution in [2.45, 2.75) is 5.37 Å². The maximum atomic E-state index is 10.8. The van der Waals surface area contributed by atoms with Gasteiger partial charge in [0.2, 0.25) is 0 Å². The Morgan fingerprint density at radius 2 is 2.25 bits per heavy atom. The second-order valence-electron chi connectivity index (χ2n) is 2.34. The van der Waals surface area contributed by atoms with Crippen LogP contribution < -0.4 is 0 Å². The molecule has 0 aromatic heterocycles. The fourth-order valence-corrected chi connectivity index (χ4v) is 2.11. The van der Waals surface area contributed by atoms with Crippen LogP contribution in [-0.2, 0) is 14.4 Å². The van der Waals surface area contributed by atoms with E-state index >= 15 is 0 Å². The normalized spacial score (nSPS) is 26.5. The van der Waals surface area contributed by atoms with E-state index in [1.54, 1.807) is 0 Å². The lowest BCUT2D eigenvalue weighted by molar-refractivity contribution is -0.156. The Morgan fingerprint density at radius 3 is 2.83 bits per heavy atom. The second-order valence-corrected chi connectivity index (χ2v) is 3.29. The van der Waals surface area contributed by atoms with Gasteiger partial charge in [-0.3, -0.25) is 14.5 Å². The summed E-state index contributed by atoms with van der Waals surface area (Å²) in [5.74, 6) is -2.42. The predicted octanol–water partition coefficient (Wildman–Crippen LogP) is -0.603. The second kappa shape index (κ2) is 2.10. The zero-order chi connectivity index (χ0) is 8.88. The van der Waals surface area contributed by atoms with E-state index in [-0.39, 0.29) is 5.70 Å². The molecule has 62 valence electrons. The van der Waals surface area contributed by atoms with Gasteiger partial charge in [0, 0.05) is 5.41 Å². The van der Waals surface area contributed by atoms with Crippen molar-refractivity contribution in [1.29, 1.82) is 0 Å². The van der Waals surface area contributed by atoms with E-state index in [1.807, 2.05) is 0 Å². The Hall–Kier alpha value is -1.30. The van der Waals surface area contributed by atoms with Gasteiger partial charge in [0.25, 0.3) is 11.7 Å². The van der Waals surface area contributed by atoms with Crippen LogP contribution in [0, 0.1) is 0 Å². The summed E-state index contributed by atoms with van der Waals surface area (Å²) < 4.78 is 0. The van der Waals surface area contributed by atoms with E-state index in [4.69, 9.17) is 5.11 Å². The molecule has 1 fully saturated rings. The van der Waals surface area contributed by atoms with Gasteiger partial charge >= 0.3 is 5.97 Å². The Morgan fingerprint density at radius 1 is 1.58 bits per heavy atom. The third-order valence-corrected chi connectivity index (χ3v) is 2.72. The lowest BCUT2D eigenvalue weighted by Gasteiger charge is -2.31. The fourth-order valence-electron chi connectivity index (χ4n) is 1.08. The summed E-state index contributed by atoms with van der Waals surface area (Å²) >= 11 is 1.05. The molecule has 1 amide bonds. The number of carbonyl (C=O) groups is 3. The summed E-state index contributed by atoms with van der Waals surface area (Å²) in [5, 5.41) is 9.26. The molecule has 0 saturated carbocycles. The first-order valence-electron chi connectivity index (χ1n) is 3.09. The summed E-state index contributed by atoms with van der Waals surface area (Å²) in [6, 6.07) is 0. The van der Waals surface area contributed by atoms with Crippen molar-refractivity contribution in [2.75, 3.05) is 0 Å². The number of amides is 1. The van der Waals surface area contributed by atoms with Gasteiger partial charge in [-0.2, -0.15) is 0 Å². The van der Waals surface area contributed by atoms with Crippen LogP contribution in [0.3, 0.4) is 0 Å². The lowest BCUT2D eigenvalue weighted by atomic mass is 10.1. The number of hydrogen-bond donors (Lipinski definition) is 1. The maximum Gasteiger partial charge on any atom is 0.353 e. The quantitative estimate of drug-likeness (QED) is 0.436. The zero-order valence-corrected chi connectivity index (χ0v) is 6.50. The summed E-state index contributed by atoms with van der Waals surface area (Å²) in [4.78, 5) is 33.0. The maximum absolute atomic E-state index is 10.8. The van der Waals surface area contributed by atoms with Gasteiger partial charge < -0.3 is 5.11 Å². The largest absolute Gasteiger partial charge is 0.477 e. The van der Waals surface area contributed by atoms with Crippen LogP contribution in [0.4, 0.5) is 0 Å². The Balaban J connectivity index is 2.29. The molecule has 1 atom stereocenters. The molecule has 2 aliphatic rings. The minimum atomic E-state index is -1.18. The van der Waals surface area contributed by atoms with Crippen LogP contribution in [0.1, 0.15) is 0 Å². The smallest absolute Gasteiger partial charge is 0.353 e. The van der Waals surface area contributed by atoms with Gasteiger partial charge in [0.1, 0.15) is 5.70 Å². The Bertz CT molecular complexity index is 334. The van der Waals surface area contributed by atoms with E-state index in [0.29, 0.717) is 0 Å². The van der Waals surface area contributed by atoms with Crippen molar-refractivity contribution in [3.05, 3.63) is 11.1 Å². The lowest BCUT2D eigenvalue weighted by Crippen LogP contribution is -2.57. The van der Waals surface area contributed by atoms with E-state index in [0.717, 1.165) is 16.7 Å². The van der Waals surface area contributed by atoms with Crippen molar-refractivity contribution < 1.29 is 19.5 Å². The molecule has 1 saturated heterocycles. The van der Waals surface area contributed by atoms with Crippen LogP contribution in [0.5, 0.6) is 0 Å². The average Bonchev–Trinajstić information content (AvgIpc) is 2.43. The molecule has 2 heterocycles. The molecule has 0 aromatic carbocycles. The van der Waals surface area contributed by atoms with Crippen LogP contribution in [0.15, 0.2) is 11.1 Å². The molecule has 0 aromatic rings. The van der Waals surface area contributed by atoms with Crippen molar-refractivity contribution in [3.8, 4) is 0 Å². The molecule has 5 nitrogen and oxygen atoms in total. The Kier molecular flexibility index (Phi) is 1.29. The van der Waals surface area contributed by atoms with Gasteiger partial charge in [-0.1, -0.05) is 11.8 Å². The van der Waals surface area contributed by atoms with Gasteiger partial charge in [-0.25, -0.2) is 4.79 Å². The number of β-lactam (4-membered cyclic amide) rings is 1. The van der Waals surface area contributed by atoms with Gasteiger partial charge in [-0.05, 0) is 0 Å². The molecule has 0 radical (unpaired) electrons. The molecule has 12 heavy (non-hydrogen) atoms. The fraction of sp³-hybridized carbons (Fsp3) is 0.167. The molecule has 1 N–H and O–H groups in total. The first-order valence-corrected chi connectivity index (χ1v) is 4.03. The van der Waals surface area contributed by atoms with Gasteiger partial charge in [0.15, 0.2) is 5.37 Å². The monoisotopic (exact) mass is 185 g/mol. The average molecular weight is 185 g/mol. The zero-order valence-electron chi connectivity index (χ0n) is 5.68. The molecule has 2 aliphatic heterocycles. The van der Waals surface area contributed by atoms with Crippen LogP contribution in [0.25, 0.3) is 0 Å². The number of ketones is 1. The highest BCUT2D eigenvalue weighted by atomic mass is 32.2. The minimum absolute atomic E-state index is 0.102. The number of rotatable bonds is 1. The summed E-state index contributed by atoms with van der Waals surface area (Å²) in [6.07, 6.45) is 0. The first kappa shape index (κ1) is 7.35. The number of carbonyl (C=O) groups excluding carboxylic acids is 2. The van der Waals surface area contributed by atoms with Crippen LogP contribution >= 0.6 is 11.8 Å². The highest BCUT2D eigenvalue weighted by Crippen LogP contribution is 2.38. The number of hydrogen-bond acceptors (Lipinski definition) is 4. The molecule has 0 spiro atoms. The number of nitrogens with zero attached hydrogens (tertiary/aromatic N) is 1. The van der Waals surface area contributed by atoms with E-state index in [1.165, 1.54) is 5.41 Å². The highest BCUT2D eigenvalue weighted by Gasteiger charge is 2.53. The third kappa shape index (κ3) is 0.672. The van der Waals surface area contributed by atoms with E-state index in [2.05, 4.69) is 0 Å². The van der Waals surface area contributed by atoms with Crippen molar-refractivity contribution in [1.82, 2.24) is 4.90 Å². The molecule has 0 unspecified atom stereocenters. The number of fused-ring (bicyclic) bond motifs is 1. The number of carboxylic acid groups (broad SMARTS) is 1. The molecule has 0 aliphatic carbocycles. The van der Waals surface area contributed by atoms with Gasteiger partial charge in [-0.15, -0.1) is 0 Å².